The highest BCUT2D eigenvalue weighted by molar-refractivity contribution is 6.27. The normalized spacial score (nSPS) is 13.1. The van der Waals surface area contributed by atoms with Gasteiger partial charge in [-0.3, -0.25) is 0 Å². The van der Waals surface area contributed by atoms with Crippen molar-refractivity contribution in [3.63, 3.8) is 0 Å². The summed E-state index contributed by atoms with van der Waals surface area (Å²) in [5.41, 5.74) is 22.7. The van der Waals surface area contributed by atoms with Crippen molar-refractivity contribution in [1.82, 2.24) is 9.97 Å². The van der Waals surface area contributed by atoms with Gasteiger partial charge in [0.2, 0.25) is 0 Å². The van der Waals surface area contributed by atoms with E-state index >= 15 is 0 Å². The van der Waals surface area contributed by atoms with Crippen LogP contribution in [-0.4, -0.2) is 21.6 Å². The number of pyridine rings is 2. The average Bonchev–Trinajstić information content (AvgIpc) is 1.53. The Morgan fingerprint density at radius 1 is 0.306 bits per heavy atom. The Morgan fingerprint density at radius 2 is 0.630 bits per heavy atom. The number of allylic oxidation sites excluding steroid dienone is 2. The summed E-state index contributed by atoms with van der Waals surface area (Å²) in [5, 5.41) is 38.2. The molecule has 0 bridgehead atoms. The number of amidine groups is 2. The summed E-state index contributed by atoms with van der Waals surface area (Å²) >= 11 is 0. The van der Waals surface area contributed by atoms with Crippen LogP contribution in [0.1, 0.15) is 22.3 Å². The lowest BCUT2D eigenvalue weighted by molar-refractivity contribution is 0.668. The monoisotopic (exact) mass is 1380 g/mol. The second-order valence-corrected chi connectivity index (χ2v) is 26.9. The summed E-state index contributed by atoms with van der Waals surface area (Å²) in [5.74, 6) is 2.77. The quantitative estimate of drug-likeness (QED) is 0.0794. The van der Waals surface area contributed by atoms with Gasteiger partial charge in [-0.05, 0) is 201 Å². The van der Waals surface area contributed by atoms with Crippen molar-refractivity contribution in [2.45, 2.75) is 0 Å². The van der Waals surface area contributed by atoms with Crippen LogP contribution in [0.5, 0.6) is 0 Å². The van der Waals surface area contributed by atoms with Gasteiger partial charge in [0, 0.05) is 112 Å². The lowest BCUT2D eigenvalue weighted by atomic mass is 9.95. The van der Waals surface area contributed by atoms with Crippen LogP contribution in [0.25, 0.3) is 121 Å². The maximum absolute atomic E-state index is 11.1. The van der Waals surface area contributed by atoms with Gasteiger partial charge in [-0.15, -0.1) is 0 Å². The highest BCUT2D eigenvalue weighted by Gasteiger charge is 2.24. The molecule has 2 aliphatic rings. The molecule has 20 rings (SSSR count). The molecule has 0 aliphatic carbocycles. The number of nitriles is 2. The van der Waals surface area contributed by atoms with Gasteiger partial charge in [-0.1, -0.05) is 182 Å². The largest absolute Gasteiger partial charge is 0.456 e. The van der Waals surface area contributed by atoms with Crippen LogP contribution in [0.4, 0.5) is 57.1 Å². The molecule has 2 N–H and O–H groups in total. The number of aromatic nitrogens is 2. The molecular formula is C96H58N10O2. The molecule has 504 valence electrons. The number of nitrogens with zero attached hydrogens (tertiary/aromatic N) is 8. The maximum atomic E-state index is 11.1. The minimum Gasteiger partial charge on any atom is -0.456 e. The fourth-order valence-corrected chi connectivity index (χ4v) is 15.3. The molecule has 0 unspecified atom stereocenters. The molecule has 4 aromatic heterocycles. The van der Waals surface area contributed by atoms with E-state index in [1.807, 2.05) is 109 Å². The molecule has 14 aromatic carbocycles. The van der Waals surface area contributed by atoms with Crippen LogP contribution in [0, 0.1) is 22.7 Å². The van der Waals surface area contributed by atoms with Gasteiger partial charge in [0.1, 0.15) is 46.1 Å². The highest BCUT2D eigenvalue weighted by atomic mass is 16.3. The number of hydrogen-bond acceptors (Lipinski definition) is 10. The zero-order valence-corrected chi connectivity index (χ0v) is 57.7. The van der Waals surface area contributed by atoms with E-state index in [9.17, 15) is 10.5 Å². The van der Waals surface area contributed by atoms with Crippen molar-refractivity contribution in [1.29, 1.82) is 10.5 Å². The SMILES string of the molecule is N#C/C(=C(/C#N)c1ccc(N(c2ccc(-c3ccc(/N=C4\Nc5cccc6cccc4c56)nc3)cc2)c2ccc(-c3ccc4c(c3)oc3ccccc34)cc2)cc1)c1ccc(N(c2ccc(-c3ccc(/N=C4\Nc5cccc6cccc4c56)nc3)cc2)c2ccc(-c3ccc4c(c3)oc3ccccc34)cc2)cc1. The Balaban J connectivity index is 0.605. The van der Waals surface area contributed by atoms with Gasteiger partial charge in [0.15, 0.2) is 11.6 Å². The van der Waals surface area contributed by atoms with Crippen molar-refractivity contribution >= 4 is 145 Å². The first kappa shape index (κ1) is 62.5. The minimum atomic E-state index is 0.253. The third-order valence-corrected chi connectivity index (χ3v) is 20.7. The molecule has 0 radical (unpaired) electrons. The molecule has 12 nitrogen and oxygen atoms in total. The number of anilines is 8. The second-order valence-electron chi connectivity index (χ2n) is 26.9. The molecule has 0 spiro atoms. The molecule has 108 heavy (non-hydrogen) atoms. The Kier molecular flexibility index (Phi) is 15.0. The predicted molar refractivity (Wildman–Crippen MR) is 440 cm³/mol. The summed E-state index contributed by atoms with van der Waals surface area (Å²) in [6, 6.07) is 116. The number of nitrogens with one attached hydrogen (secondary N) is 2. The van der Waals surface area contributed by atoms with Crippen LogP contribution in [0.2, 0.25) is 0 Å². The summed E-state index contributed by atoms with van der Waals surface area (Å²) in [6.45, 7) is 0. The van der Waals surface area contributed by atoms with Gasteiger partial charge >= 0.3 is 0 Å². The predicted octanol–water partition coefficient (Wildman–Crippen LogP) is 25.2. The van der Waals surface area contributed by atoms with E-state index in [0.717, 1.165) is 167 Å². The molecule has 0 amide bonds. The van der Waals surface area contributed by atoms with Crippen LogP contribution >= 0.6 is 0 Å². The number of fused-ring (bicyclic) bond motifs is 6. The maximum Gasteiger partial charge on any atom is 0.154 e. The van der Waals surface area contributed by atoms with E-state index in [1.165, 1.54) is 10.8 Å². The van der Waals surface area contributed by atoms with E-state index < -0.39 is 0 Å². The van der Waals surface area contributed by atoms with Gasteiger partial charge in [-0.2, -0.15) is 10.5 Å². The molecular weight excluding hydrogens is 1330 g/mol. The fraction of sp³-hybridized carbons (Fsp3) is 0. The van der Waals surface area contributed by atoms with Gasteiger partial charge < -0.3 is 29.3 Å². The molecule has 0 saturated carbocycles. The number of benzene rings is 14. The summed E-state index contributed by atoms with van der Waals surface area (Å²) in [4.78, 5) is 23.9. The second kappa shape index (κ2) is 25.9. The standard InChI is InChI=1S/C96H58N10O2/c97-55-83(63-29-45-75(46-30-63)105(71-37-21-59(22-38-71)67-33-49-79-77-13-1-3-19-87(77)107-89(79)53-67)73-41-25-61(26-42-73)69-35-51-91(99-57-69)103-95-81-15-5-9-65-11-7-17-85(101-95)93(65)81)84(56-98)64-31-47-76(48-32-64)106(72-39-23-60(24-40-72)68-34-50-80-78-14-2-4-20-88(78)108-90(80)54-68)74-43-27-62(28-44-74)70-36-52-92(100-58-70)104-96-82-16-6-10-66-12-8-18-86(102-96)94(66)82/h1-54,57-58H,(H,99,101,103)(H,100,102,104)/b84-83+. The molecule has 0 fully saturated rings. The fourth-order valence-electron chi connectivity index (χ4n) is 15.3. The molecule has 6 heterocycles. The third-order valence-electron chi connectivity index (χ3n) is 20.7. The average molecular weight is 1380 g/mol. The first-order chi connectivity index (χ1) is 53.4. The molecule has 18 aromatic rings. The Bertz CT molecular complexity index is 6400. The zero-order chi connectivity index (χ0) is 71.8. The first-order valence-corrected chi connectivity index (χ1v) is 35.6. The van der Waals surface area contributed by atoms with E-state index in [1.54, 1.807) is 0 Å². The Morgan fingerprint density at radius 3 is 0.991 bits per heavy atom. The number of hydrogen-bond donors (Lipinski definition) is 2. The summed E-state index contributed by atoms with van der Waals surface area (Å²) in [7, 11) is 0. The lowest BCUT2D eigenvalue weighted by Gasteiger charge is -2.26. The molecule has 0 saturated heterocycles. The lowest BCUT2D eigenvalue weighted by Crippen LogP contribution is -2.10. The number of rotatable bonds is 14. The van der Waals surface area contributed by atoms with Gasteiger partial charge in [0.05, 0.1) is 11.1 Å². The number of para-hydroxylation sites is 2. The minimum absolute atomic E-state index is 0.253. The van der Waals surface area contributed by atoms with E-state index in [4.69, 9.17) is 28.8 Å². The van der Waals surface area contributed by atoms with Gasteiger partial charge in [-0.25, -0.2) is 20.0 Å². The van der Waals surface area contributed by atoms with Crippen molar-refractivity contribution in [2.75, 3.05) is 20.4 Å². The zero-order valence-electron chi connectivity index (χ0n) is 57.7. The smallest absolute Gasteiger partial charge is 0.154 e. The molecule has 2 aliphatic heterocycles. The van der Waals surface area contributed by atoms with Crippen LogP contribution < -0.4 is 20.4 Å². The Hall–Kier alpha value is -15.2. The van der Waals surface area contributed by atoms with Crippen LogP contribution in [0.15, 0.2) is 359 Å². The van der Waals surface area contributed by atoms with Crippen molar-refractivity contribution in [3.05, 3.63) is 362 Å². The summed E-state index contributed by atoms with van der Waals surface area (Å²) in [6.07, 6.45) is 3.73. The molecule has 0 atom stereocenters. The van der Waals surface area contributed by atoms with Crippen molar-refractivity contribution < 1.29 is 8.83 Å². The van der Waals surface area contributed by atoms with Crippen molar-refractivity contribution in [3.8, 4) is 56.6 Å². The van der Waals surface area contributed by atoms with E-state index in [2.05, 4.69) is 263 Å². The number of furan rings is 2. The number of aliphatic imine (C=N–C) groups is 2. The van der Waals surface area contributed by atoms with Gasteiger partial charge in [0.25, 0.3) is 0 Å². The third kappa shape index (κ3) is 11.1. The van der Waals surface area contributed by atoms with Crippen molar-refractivity contribution in [2.24, 2.45) is 9.98 Å². The topological polar surface area (TPSA) is 155 Å². The first-order valence-electron chi connectivity index (χ1n) is 35.6. The van der Waals surface area contributed by atoms with E-state index in [-0.39, 0.29) is 11.1 Å². The summed E-state index contributed by atoms with van der Waals surface area (Å²) < 4.78 is 12.6. The van der Waals surface area contributed by atoms with Crippen LogP contribution in [-0.2, 0) is 0 Å². The molecule has 12 heteroatoms. The van der Waals surface area contributed by atoms with Crippen LogP contribution in [0.3, 0.4) is 0 Å². The highest BCUT2D eigenvalue weighted by Crippen LogP contribution is 2.44. The Labute approximate surface area is 620 Å². The van der Waals surface area contributed by atoms with E-state index in [0.29, 0.717) is 22.8 Å².